The number of nitrogens with one attached hydrogen (secondary N) is 2. The first-order valence-electron chi connectivity index (χ1n) is 8.44. The van der Waals surface area contributed by atoms with E-state index in [0.717, 1.165) is 12.0 Å². The van der Waals surface area contributed by atoms with E-state index in [9.17, 15) is 13.2 Å². The van der Waals surface area contributed by atoms with Gasteiger partial charge in [0.15, 0.2) is 0 Å². The zero-order valence-corrected chi connectivity index (χ0v) is 16.3. The highest BCUT2D eigenvalue weighted by Crippen LogP contribution is 2.15. The number of amides is 1. The smallest absolute Gasteiger partial charge is 0.241 e. The highest BCUT2D eigenvalue weighted by atomic mass is 35.5. The summed E-state index contributed by atoms with van der Waals surface area (Å²) in [6, 6.07) is 14.2. The number of rotatable bonds is 8. The Bertz CT molecular complexity index is 824. The van der Waals surface area contributed by atoms with Crippen molar-refractivity contribution < 1.29 is 13.2 Å². The third-order valence-corrected chi connectivity index (χ3v) is 5.76. The molecule has 2 rings (SSSR count). The second-order valence-corrected chi connectivity index (χ2v) is 8.29. The van der Waals surface area contributed by atoms with Crippen molar-refractivity contribution in [1.29, 1.82) is 0 Å². The second-order valence-electron chi connectivity index (χ2n) is 6.14. The Labute approximate surface area is 159 Å². The van der Waals surface area contributed by atoms with Crippen LogP contribution in [0, 0.1) is 0 Å². The van der Waals surface area contributed by atoms with E-state index >= 15 is 0 Å². The second kappa shape index (κ2) is 9.16. The van der Waals surface area contributed by atoms with E-state index in [-0.39, 0.29) is 23.3 Å². The summed E-state index contributed by atoms with van der Waals surface area (Å²) in [5.74, 6) is -0.347. The highest BCUT2D eigenvalue weighted by molar-refractivity contribution is 7.89. The molecule has 0 heterocycles. The van der Waals surface area contributed by atoms with Gasteiger partial charge in [0, 0.05) is 11.1 Å². The van der Waals surface area contributed by atoms with Crippen LogP contribution in [0.1, 0.15) is 25.8 Å². The minimum Gasteiger partial charge on any atom is -0.352 e. The van der Waals surface area contributed by atoms with Gasteiger partial charge in [0.1, 0.15) is 6.04 Å². The quantitative estimate of drug-likeness (QED) is 0.722. The molecule has 0 saturated carbocycles. The van der Waals surface area contributed by atoms with Crippen molar-refractivity contribution in [1.82, 2.24) is 10.0 Å². The molecule has 0 saturated heterocycles. The molecule has 0 spiro atoms. The van der Waals surface area contributed by atoms with E-state index in [0.29, 0.717) is 5.02 Å². The Kier molecular flexibility index (Phi) is 7.20. The number of benzene rings is 2. The number of sulfonamides is 1. The number of carbonyl (C=O) groups is 1. The van der Waals surface area contributed by atoms with E-state index in [4.69, 9.17) is 11.6 Å². The molecule has 2 aromatic carbocycles. The fourth-order valence-corrected chi connectivity index (χ4v) is 3.67. The number of hydrogen-bond donors (Lipinski definition) is 2. The Hall–Kier alpha value is -1.89. The largest absolute Gasteiger partial charge is 0.352 e. The summed E-state index contributed by atoms with van der Waals surface area (Å²) < 4.78 is 27.9. The lowest BCUT2D eigenvalue weighted by atomic mass is 10.1. The van der Waals surface area contributed by atoms with Crippen molar-refractivity contribution in [2.75, 3.05) is 0 Å². The maximum atomic E-state index is 12.7. The van der Waals surface area contributed by atoms with Crippen molar-refractivity contribution in [3.63, 3.8) is 0 Å². The molecule has 0 aliphatic carbocycles. The van der Waals surface area contributed by atoms with Crippen LogP contribution < -0.4 is 10.0 Å². The molecule has 5 nitrogen and oxygen atoms in total. The monoisotopic (exact) mass is 394 g/mol. The van der Waals surface area contributed by atoms with E-state index < -0.39 is 16.1 Å². The number of halogens is 1. The van der Waals surface area contributed by atoms with Crippen molar-refractivity contribution in [2.24, 2.45) is 0 Å². The Balaban J connectivity index is 2.24. The van der Waals surface area contributed by atoms with Gasteiger partial charge in [-0.1, -0.05) is 48.9 Å². The Morgan fingerprint density at radius 1 is 1.08 bits per heavy atom. The van der Waals surface area contributed by atoms with Crippen LogP contribution in [0.5, 0.6) is 0 Å². The van der Waals surface area contributed by atoms with Crippen LogP contribution in [0.4, 0.5) is 0 Å². The van der Waals surface area contributed by atoms with Gasteiger partial charge in [-0.3, -0.25) is 4.79 Å². The first kappa shape index (κ1) is 20.4. The van der Waals surface area contributed by atoms with Crippen molar-refractivity contribution >= 4 is 27.5 Å². The zero-order valence-electron chi connectivity index (χ0n) is 14.8. The minimum absolute atomic E-state index is 0.0409. The van der Waals surface area contributed by atoms with Crippen LogP contribution >= 0.6 is 11.6 Å². The van der Waals surface area contributed by atoms with Gasteiger partial charge in [-0.15, -0.1) is 0 Å². The summed E-state index contributed by atoms with van der Waals surface area (Å²) in [6.45, 7) is 3.83. The zero-order chi connectivity index (χ0) is 19.2. The molecular weight excluding hydrogens is 372 g/mol. The fraction of sp³-hybridized carbons (Fsp3) is 0.316. The van der Waals surface area contributed by atoms with E-state index in [1.807, 2.05) is 44.2 Å². The molecule has 0 radical (unpaired) electrons. The van der Waals surface area contributed by atoms with Crippen LogP contribution in [0.15, 0.2) is 59.5 Å². The summed E-state index contributed by atoms with van der Waals surface area (Å²) in [5, 5.41) is 3.29. The molecule has 0 bridgehead atoms. The van der Waals surface area contributed by atoms with Crippen LogP contribution in [-0.2, 0) is 21.2 Å². The van der Waals surface area contributed by atoms with Gasteiger partial charge in [-0.05, 0) is 49.6 Å². The van der Waals surface area contributed by atoms with Gasteiger partial charge in [-0.25, -0.2) is 8.42 Å². The first-order valence-corrected chi connectivity index (χ1v) is 10.3. The van der Waals surface area contributed by atoms with Gasteiger partial charge >= 0.3 is 0 Å². The molecule has 0 unspecified atom stereocenters. The third-order valence-electron chi connectivity index (χ3n) is 4.02. The molecule has 26 heavy (non-hydrogen) atoms. The summed E-state index contributed by atoms with van der Waals surface area (Å²) in [7, 11) is -3.85. The normalized spacial score (nSPS) is 13.8. The maximum absolute atomic E-state index is 12.7. The molecule has 140 valence electrons. The molecule has 2 atom stereocenters. The Morgan fingerprint density at radius 2 is 1.69 bits per heavy atom. The van der Waals surface area contributed by atoms with Gasteiger partial charge < -0.3 is 5.32 Å². The molecule has 2 N–H and O–H groups in total. The topological polar surface area (TPSA) is 75.3 Å². The molecule has 1 amide bonds. The molecular formula is C19H23ClN2O3S. The van der Waals surface area contributed by atoms with Crippen LogP contribution in [0.25, 0.3) is 0 Å². The average Bonchev–Trinajstić information content (AvgIpc) is 2.62. The van der Waals surface area contributed by atoms with Crippen LogP contribution in [-0.4, -0.2) is 26.4 Å². The fourth-order valence-electron chi connectivity index (χ4n) is 2.35. The summed E-state index contributed by atoms with van der Waals surface area (Å²) >= 11 is 5.82. The number of hydrogen-bond acceptors (Lipinski definition) is 3. The van der Waals surface area contributed by atoms with Crippen molar-refractivity contribution in [3.05, 3.63) is 65.2 Å². The van der Waals surface area contributed by atoms with Crippen LogP contribution in [0.2, 0.25) is 5.02 Å². The van der Waals surface area contributed by atoms with E-state index in [1.165, 1.54) is 24.3 Å². The summed E-state index contributed by atoms with van der Waals surface area (Å²) in [4.78, 5) is 12.7. The molecule has 0 fully saturated rings. The predicted molar refractivity (Wildman–Crippen MR) is 104 cm³/mol. The first-order chi connectivity index (χ1) is 12.3. The van der Waals surface area contributed by atoms with Gasteiger partial charge in [0.2, 0.25) is 15.9 Å². The lowest BCUT2D eigenvalue weighted by Gasteiger charge is -2.21. The van der Waals surface area contributed by atoms with Gasteiger partial charge in [0.25, 0.3) is 0 Å². The minimum atomic E-state index is -3.85. The van der Waals surface area contributed by atoms with Gasteiger partial charge in [0.05, 0.1) is 4.90 Å². The van der Waals surface area contributed by atoms with E-state index in [2.05, 4.69) is 10.0 Å². The predicted octanol–water partition coefficient (Wildman–Crippen LogP) is 3.14. The third kappa shape index (κ3) is 5.83. The summed E-state index contributed by atoms with van der Waals surface area (Å²) in [6.07, 6.45) is 1.02. The van der Waals surface area contributed by atoms with Crippen molar-refractivity contribution in [3.8, 4) is 0 Å². The molecule has 0 aliphatic rings. The molecule has 7 heteroatoms. The average molecular weight is 395 g/mol. The van der Waals surface area contributed by atoms with Crippen LogP contribution in [0.3, 0.4) is 0 Å². The molecule has 0 aromatic heterocycles. The SMILES string of the molecule is CC[C@H](C)NC(=O)[C@@H](Cc1ccccc1)NS(=O)(=O)c1ccc(Cl)cc1. The lowest BCUT2D eigenvalue weighted by molar-refractivity contribution is -0.123. The molecule has 2 aromatic rings. The standard InChI is InChI=1S/C19H23ClN2O3S/c1-3-14(2)21-19(23)18(13-15-7-5-4-6-8-15)22-26(24,25)17-11-9-16(20)10-12-17/h4-12,14,18,22H,3,13H2,1-2H3,(H,21,23)/t14-,18+/m0/s1. The summed E-state index contributed by atoms with van der Waals surface area (Å²) in [5.41, 5.74) is 0.871. The lowest BCUT2D eigenvalue weighted by Crippen LogP contribution is -2.50. The van der Waals surface area contributed by atoms with Crippen molar-refractivity contribution in [2.45, 2.75) is 43.7 Å². The molecule has 0 aliphatic heterocycles. The van der Waals surface area contributed by atoms with E-state index in [1.54, 1.807) is 0 Å². The maximum Gasteiger partial charge on any atom is 0.241 e. The number of carbonyl (C=O) groups excluding carboxylic acids is 1. The Morgan fingerprint density at radius 3 is 2.27 bits per heavy atom. The van der Waals surface area contributed by atoms with Gasteiger partial charge in [-0.2, -0.15) is 4.72 Å². The highest BCUT2D eigenvalue weighted by Gasteiger charge is 2.26.